The van der Waals surface area contributed by atoms with Crippen LogP contribution in [0.5, 0.6) is 11.5 Å². The molecule has 102 valence electrons. The molecule has 0 unspecified atom stereocenters. The van der Waals surface area contributed by atoms with Gasteiger partial charge in [0, 0.05) is 12.5 Å². The van der Waals surface area contributed by atoms with Crippen molar-refractivity contribution in [2.24, 2.45) is 5.92 Å². The van der Waals surface area contributed by atoms with Crippen LogP contribution in [0.2, 0.25) is 0 Å². The fraction of sp³-hybridized carbons (Fsp3) is 0.385. The lowest BCUT2D eigenvalue weighted by molar-refractivity contribution is -0.145. The number of hydrogen-bond acceptors (Lipinski definition) is 4. The van der Waals surface area contributed by atoms with Gasteiger partial charge in [0.1, 0.15) is 5.92 Å². The number of carbonyl (C=O) groups is 2. The maximum atomic E-state index is 11.5. The molecule has 1 aliphatic rings. The topological polar surface area (TPSA) is 84.9 Å². The van der Waals surface area contributed by atoms with E-state index in [1.54, 1.807) is 18.2 Å². The van der Waals surface area contributed by atoms with Crippen LogP contribution >= 0.6 is 0 Å². The third-order valence-electron chi connectivity index (χ3n) is 3.28. The summed E-state index contributed by atoms with van der Waals surface area (Å²) >= 11 is 0. The number of carboxylic acid groups (broad SMARTS) is 1. The van der Waals surface area contributed by atoms with E-state index < -0.39 is 23.7 Å². The van der Waals surface area contributed by atoms with Gasteiger partial charge >= 0.3 is 5.97 Å². The van der Waals surface area contributed by atoms with Gasteiger partial charge in [-0.3, -0.25) is 9.59 Å². The summed E-state index contributed by atoms with van der Waals surface area (Å²) in [4.78, 5) is 22.7. The Morgan fingerprint density at radius 2 is 2.00 bits per heavy atom. The predicted molar refractivity (Wildman–Crippen MR) is 66.4 cm³/mol. The Balaban J connectivity index is 2.36. The lowest BCUT2D eigenvalue weighted by Gasteiger charge is -2.15. The molecule has 0 bridgehead atoms. The average Bonchev–Trinajstić information content (AvgIpc) is 2.79. The van der Waals surface area contributed by atoms with E-state index in [1.165, 1.54) is 14.2 Å². The standard InChI is InChI=1S/C13H15NO5/c1-18-9-4-3-7(5-10(9)19-2)8-6-14-12(15)11(8)13(16)17/h3-5,8,11H,6H2,1-2H3,(H,14,15)(H,16,17)/t8-,11-/m0/s1. The number of hydrogen-bond donors (Lipinski definition) is 2. The summed E-state index contributed by atoms with van der Waals surface area (Å²) in [6.07, 6.45) is 0. The third-order valence-corrected chi connectivity index (χ3v) is 3.28. The fourth-order valence-corrected chi connectivity index (χ4v) is 2.30. The minimum absolute atomic E-state index is 0.311. The quantitative estimate of drug-likeness (QED) is 0.779. The van der Waals surface area contributed by atoms with Gasteiger partial charge in [0.2, 0.25) is 5.91 Å². The Hall–Kier alpha value is -2.24. The number of benzene rings is 1. The molecular weight excluding hydrogens is 250 g/mol. The first kappa shape index (κ1) is 13.2. The molecule has 0 aliphatic carbocycles. The molecule has 1 heterocycles. The molecule has 1 aromatic rings. The Morgan fingerprint density at radius 3 is 2.58 bits per heavy atom. The van der Waals surface area contributed by atoms with Crippen molar-refractivity contribution >= 4 is 11.9 Å². The van der Waals surface area contributed by atoms with Crippen molar-refractivity contribution < 1.29 is 24.2 Å². The van der Waals surface area contributed by atoms with Gasteiger partial charge in [-0.2, -0.15) is 0 Å². The molecule has 2 N–H and O–H groups in total. The number of nitrogens with one attached hydrogen (secondary N) is 1. The van der Waals surface area contributed by atoms with Crippen LogP contribution in [0.3, 0.4) is 0 Å². The van der Waals surface area contributed by atoms with Crippen molar-refractivity contribution in [2.75, 3.05) is 20.8 Å². The van der Waals surface area contributed by atoms with E-state index in [0.29, 0.717) is 18.0 Å². The number of methoxy groups -OCH3 is 2. The lowest BCUT2D eigenvalue weighted by Crippen LogP contribution is -2.26. The van der Waals surface area contributed by atoms with Crippen LogP contribution < -0.4 is 14.8 Å². The number of carboxylic acids is 1. The van der Waals surface area contributed by atoms with Gasteiger partial charge in [0.05, 0.1) is 14.2 Å². The summed E-state index contributed by atoms with van der Waals surface area (Å²) in [5.41, 5.74) is 0.739. The van der Waals surface area contributed by atoms with Crippen LogP contribution in [-0.4, -0.2) is 37.7 Å². The van der Waals surface area contributed by atoms with Gasteiger partial charge in [0.25, 0.3) is 0 Å². The zero-order chi connectivity index (χ0) is 14.0. The average molecular weight is 265 g/mol. The van der Waals surface area contributed by atoms with Gasteiger partial charge in [-0.15, -0.1) is 0 Å². The highest BCUT2D eigenvalue weighted by atomic mass is 16.5. The number of carbonyl (C=O) groups excluding carboxylic acids is 1. The Bertz CT molecular complexity index is 514. The highest BCUT2D eigenvalue weighted by molar-refractivity contribution is 5.99. The first-order valence-corrected chi connectivity index (χ1v) is 5.81. The zero-order valence-electron chi connectivity index (χ0n) is 10.7. The zero-order valence-corrected chi connectivity index (χ0v) is 10.7. The molecule has 0 aromatic heterocycles. The summed E-state index contributed by atoms with van der Waals surface area (Å²) in [7, 11) is 3.03. The molecule has 1 amide bonds. The minimum atomic E-state index is -1.12. The monoisotopic (exact) mass is 265 g/mol. The van der Waals surface area contributed by atoms with Crippen molar-refractivity contribution in [3.63, 3.8) is 0 Å². The highest BCUT2D eigenvalue weighted by Crippen LogP contribution is 2.35. The minimum Gasteiger partial charge on any atom is -0.493 e. The molecule has 1 aliphatic heterocycles. The van der Waals surface area contributed by atoms with E-state index >= 15 is 0 Å². The molecule has 6 heteroatoms. The van der Waals surface area contributed by atoms with E-state index in [9.17, 15) is 9.59 Å². The van der Waals surface area contributed by atoms with Crippen LogP contribution in [0.1, 0.15) is 11.5 Å². The van der Waals surface area contributed by atoms with Gasteiger partial charge < -0.3 is 19.9 Å². The fourth-order valence-electron chi connectivity index (χ4n) is 2.30. The van der Waals surface area contributed by atoms with Crippen LogP contribution in [0.25, 0.3) is 0 Å². The molecule has 1 aromatic carbocycles. The van der Waals surface area contributed by atoms with Crippen molar-refractivity contribution in [1.29, 1.82) is 0 Å². The van der Waals surface area contributed by atoms with Crippen molar-refractivity contribution in [1.82, 2.24) is 5.32 Å². The molecule has 1 fully saturated rings. The number of amides is 1. The molecule has 0 radical (unpaired) electrons. The number of rotatable bonds is 4. The van der Waals surface area contributed by atoms with E-state index in [-0.39, 0.29) is 0 Å². The first-order chi connectivity index (χ1) is 9.08. The molecule has 0 spiro atoms. The largest absolute Gasteiger partial charge is 0.493 e. The van der Waals surface area contributed by atoms with Crippen LogP contribution in [0.15, 0.2) is 18.2 Å². The molecule has 2 rings (SSSR count). The Kier molecular flexibility index (Phi) is 3.59. The second-order valence-electron chi connectivity index (χ2n) is 4.28. The van der Waals surface area contributed by atoms with Gasteiger partial charge in [-0.1, -0.05) is 6.07 Å². The molecule has 0 saturated carbocycles. The van der Waals surface area contributed by atoms with Crippen LogP contribution in [-0.2, 0) is 9.59 Å². The van der Waals surface area contributed by atoms with E-state index in [0.717, 1.165) is 5.56 Å². The smallest absolute Gasteiger partial charge is 0.316 e. The van der Waals surface area contributed by atoms with Crippen molar-refractivity contribution in [3.8, 4) is 11.5 Å². The summed E-state index contributed by atoms with van der Waals surface area (Å²) in [6, 6.07) is 5.16. The molecule has 19 heavy (non-hydrogen) atoms. The van der Waals surface area contributed by atoms with Crippen LogP contribution in [0.4, 0.5) is 0 Å². The van der Waals surface area contributed by atoms with Crippen molar-refractivity contribution in [2.45, 2.75) is 5.92 Å². The lowest BCUT2D eigenvalue weighted by atomic mass is 9.88. The van der Waals surface area contributed by atoms with E-state index in [2.05, 4.69) is 5.32 Å². The van der Waals surface area contributed by atoms with E-state index in [4.69, 9.17) is 14.6 Å². The molecular formula is C13H15NO5. The highest BCUT2D eigenvalue weighted by Gasteiger charge is 2.41. The first-order valence-electron chi connectivity index (χ1n) is 5.81. The summed E-state index contributed by atoms with van der Waals surface area (Å²) in [5.74, 6) is -1.94. The normalized spacial score (nSPS) is 21.9. The second-order valence-corrected chi connectivity index (χ2v) is 4.28. The van der Waals surface area contributed by atoms with Crippen molar-refractivity contribution in [3.05, 3.63) is 23.8 Å². The number of ether oxygens (including phenoxy) is 2. The van der Waals surface area contributed by atoms with Gasteiger partial charge in [-0.05, 0) is 17.7 Å². The Labute approximate surface area is 110 Å². The molecule has 1 saturated heterocycles. The summed E-state index contributed by atoms with van der Waals surface area (Å²) in [6.45, 7) is 0.311. The van der Waals surface area contributed by atoms with Gasteiger partial charge in [0.15, 0.2) is 11.5 Å². The molecule has 6 nitrogen and oxygen atoms in total. The third kappa shape index (κ3) is 2.33. The summed E-state index contributed by atoms with van der Waals surface area (Å²) in [5, 5.41) is 11.7. The van der Waals surface area contributed by atoms with Gasteiger partial charge in [-0.25, -0.2) is 0 Å². The maximum absolute atomic E-state index is 11.5. The number of aliphatic carboxylic acids is 1. The van der Waals surface area contributed by atoms with E-state index in [1.807, 2.05) is 0 Å². The Morgan fingerprint density at radius 1 is 1.32 bits per heavy atom. The van der Waals surface area contributed by atoms with Crippen LogP contribution in [0, 0.1) is 5.92 Å². The SMILES string of the molecule is COc1ccc([C@@H]2CNC(=O)[C@H]2C(=O)O)cc1OC. The second kappa shape index (κ2) is 5.17. The molecule has 2 atom stereocenters. The maximum Gasteiger partial charge on any atom is 0.316 e. The summed E-state index contributed by atoms with van der Waals surface area (Å²) < 4.78 is 10.3. The predicted octanol–water partition coefficient (Wildman–Crippen LogP) is 0.618.